The molecule has 2 aromatic carbocycles. The number of ether oxygens (including phenoxy) is 3. The summed E-state index contributed by atoms with van der Waals surface area (Å²) in [6.07, 6.45) is 1.23. The minimum Gasteiger partial charge on any atom is -0.497 e. The molecule has 2 heterocycles. The number of methoxy groups -OCH3 is 3. The Hall–Kier alpha value is -3.81. The van der Waals surface area contributed by atoms with Gasteiger partial charge in [-0.25, -0.2) is 4.68 Å². The van der Waals surface area contributed by atoms with Gasteiger partial charge in [0.25, 0.3) is 0 Å². The first-order valence-corrected chi connectivity index (χ1v) is 11.2. The van der Waals surface area contributed by atoms with Gasteiger partial charge in [-0.15, -0.1) is 5.10 Å². The zero-order valence-corrected chi connectivity index (χ0v) is 20.0. The summed E-state index contributed by atoms with van der Waals surface area (Å²) in [5.41, 5.74) is 3.24. The van der Waals surface area contributed by atoms with E-state index in [9.17, 15) is 4.79 Å². The lowest BCUT2D eigenvalue weighted by atomic mass is 9.73. The smallest absolute Gasteiger partial charge is 0.226 e. The van der Waals surface area contributed by atoms with E-state index in [1.165, 1.54) is 0 Å². The Bertz CT molecular complexity index is 1290. The van der Waals surface area contributed by atoms with Gasteiger partial charge in [0.2, 0.25) is 5.95 Å². The molecule has 0 saturated heterocycles. The van der Waals surface area contributed by atoms with Crippen molar-refractivity contribution >= 4 is 11.7 Å². The molecule has 0 spiro atoms. The summed E-state index contributed by atoms with van der Waals surface area (Å²) in [5, 5.41) is 8.25. The highest BCUT2D eigenvalue weighted by Crippen LogP contribution is 2.46. The minimum absolute atomic E-state index is 0.116. The Kier molecular flexibility index (Phi) is 5.31. The quantitative estimate of drug-likeness (QED) is 0.594. The van der Waals surface area contributed by atoms with Gasteiger partial charge in [0, 0.05) is 23.3 Å². The van der Waals surface area contributed by atoms with Crippen LogP contribution in [0.15, 0.2) is 53.7 Å². The van der Waals surface area contributed by atoms with Crippen LogP contribution < -0.4 is 19.5 Å². The van der Waals surface area contributed by atoms with Crippen LogP contribution in [0.5, 0.6) is 17.2 Å². The first kappa shape index (κ1) is 22.0. The van der Waals surface area contributed by atoms with Gasteiger partial charge in [-0.3, -0.25) is 4.79 Å². The predicted molar refractivity (Wildman–Crippen MR) is 128 cm³/mol. The summed E-state index contributed by atoms with van der Waals surface area (Å²) in [6.45, 7) is 4.23. The third kappa shape index (κ3) is 3.69. The fourth-order valence-corrected chi connectivity index (χ4v) is 4.80. The lowest BCUT2D eigenvalue weighted by Crippen LogP contribution is -2.36. The minimum atomic E-state index is -0.422. The highest BCUT2D eigenvalue weighted by Gasteiger charge is 2.42. The zero-order chi connectivity index (χ0) is 24.0. The van der Waals surface area contributed by atoms with E-state index in [0.717, 1.165) is 34.6 Å². The maximum atomic E-state index is 13.4. The topological polar surface area (TPSA) is 87.5 Å². The normalized spacial score (nSPS) is 18.6. The number of nitrogens with zero attached hydrogens (tertiary/aromatic N) is 3. The third-order valence-electron chi connectivity index (χ3n) is 6.40. The summed E-state index contributed by atoms with van der Waals surface area (Å²) in [7, 11) is 4.84. The molecule has 34 heavy (non-hydrogen) atoms. The first-order chi connectivity index (χ1) is 16.3. The number of benzene rings is 2. The van der Waals surface area contributed by atoms with E-state index in [1.54, 1.807) is 26.0 Å². The summed E-state index contributed by atoms with van der Waals surface area (Å²) >= 11 is 0. The molecule has 3 aromatic rings. The second kappa shape index (κ2) is 8.20. The van der Waals surface area contributed by atoms with Gasteiger partial charge >= 0.3 is 0 Å². The predicted octanol–water partition coefficient (Wildman–Crippen LogP) is 4.63. The van der Waals surface area contributed by atoms with Crippen molar-refractivity contribution in [2.45, 2.75) is 32.7 Å². The van der Waals surface area contributed by atoms with Gasteiger partial charge in [-0.05, 0) is 53.8 Å². The van der Waals surface area contributed by atoms with Crippen LogP contribution in [0.25, 0.3) is 11.4 Å². The van der Waals surface area contributed by atoms with Gasteiger partial charge in [0.15, 0.2) is 23.1 Å². The van der Waals surface area contributed by atoms with Crippen molar-refractivity contribution in [2.24, 2.45) is 5.41 Å². The highest BCUT2D eigenvalue weighted by atomic mass is 16.5. The zero-order valence-electron chi connectivity index (χ0n) is 20.0. The molecule has 1 N–H and O–H groups in total. The number of ketones is 1. The van der Waals surface area contributed by atoms with Crippen LogP contribution >= 0.6 is 0 Å². The molecule has 1 atom stereocenters. The van der Waals surface area contributed by atoms with Crippen LogP contribution in [0.4, 0.5) is 5.95 Å². The van der Waals surface area contributed by atoms with E-state index in [1.807, 2.05) is 42.5 Å². The fourth-order valence-electron chi connectivity index (χ4n) is 4.80. The van der Waals surface area contributed by atoms with Crippen LogP contribution in [0.2, 0.25) is 0 Å². The van der Waals surface area contributed by atoms with Crippen LogP contribution in [0.3, 0.4) is 0 Å². The fraction of sp³-hybridized carbons (Fsp3) is 0.346. The van der Waals surface area contributed by atoms with Crippen molar-refractivity contribution in [1.29, 1.82) is 0 Å². The van der Waals surface area contributed by atoms with E-state index in [4.69, 9.17) is 24.3 Å². The number of nitrogens with one attached hydrogen (secondary N) is 1. The maximum Gasteiger partial charge on any atom is 0.226 e. The second-order valence-electron chi connectivity index (χ2n) is 9.41. The Labute approximate surface area is 198 Å². The monoisotopic (exact) mass is 460 g/mol. The van der Waals surface area contributed by atoms with Crippen LogP contribution in [0.1, 0.15) is 38.3 Å². The van der Waals surface area contributed by atoms with E-state index < -0.39 is 6.04 Å². The number of hydrogen-bond donors (Lipinski definition) is 1. The van der Waals surface area contributed by atoms with Gasteiger partial charge < -0.3 is 19.5 Å². The Morgan fingerprint density at radius 1 is 0.971 bits per heavy atom. The summed E-state index contributed by atoms with van der Waals surface area (Å²) in [5.74, 6) is 3.28. The number of carbonyl (C=O) groups is 1. The van der Waals surface area contributed by atoms with Crippen LogP contribution in [-0.2, 0) is 4.79 Å². The van der Waals surface area contributed by atoms with Crippen molar-refractivity contribution in [3.8, 4) is 28.6 Å². The van der Waals surface area contributed by atoms with Gasteiger partial charge in [-0.2, -0.15) is 4.98 Å². The molecule has 1 aromatic heterocycles. The first-order valence-electron chi connectivity index (χ1n) is 11.2. The second-order valence-corrected chi connectivity index (χ2v) is 9.41. The van der Waals surface area contributed by atoms with Crippen molar-refractivity contribution in [3.05, 3.63) is 59.3 Å². The van der Waals surface area contributed by atoms with Crippen LogP contribution in [0, 0.1) is 5.41 Å². The van der Waals surface area contributed by atoms with E-state index in [0.29, 0.717) is 29.7 Å². The number of aromatic nitrogens is 3. The molecule has 5 rings (SSSR count). The Morgan fingerprint density at radius 2 is 1.71 bits per heavy atom. The van der Waals surface area contributed by atoms with Gasteiger partial charge in [0.1, 0.15) is 11.8 Å². The molecule has 8 nitrogen and oxygen atoms in total. The molecular weight excluding hydrogens is 432 g/mol. The number of rotatable bonds is 5. The molecule has 176 valence electrons. The molecule has 0 amide bonds. The molecule has 1 unspecified atom stereocenters. The summed E-state index contributed by atoms with van der Waals surface area (Å²) in [4.78, 5) is 18.2. The lowest BCUT2D eigenvalue weighted by Gasteiger charge is -2.38. The van der Waals surface area contributed by atoms with Crippen molar-refractivity contribution in [1.82, 2.24) is 14.8 Å². The van der Waals surface area contributed by atoms with Crippen LogP contribution in [-0.4, -0.2) is 41.9 Å². The molecule has 1 aliphatic heterocycles. The number of Topliss-reactive ketones (excluding diaryl/α,β-unsaturated/α-hetero) is 1. The Morgan fingerprint density at radius 3 is 2.38 bits per heavy atom. The number of carbonyl (C=O) groups excluding carboxylic acids is 1. The molecule has 0 fully saturated rings. The average molecular weight is 461 g/mol. The number of hydrogen-bond acceptors (Lipinski definition) is 7. The van der Waals surface area contributed by atoms with Gasteiger partial charge in [-0.1, -0.05) is 19.9 Å². The van der Waals surface area contributed by atoms with Crippen molar-refractivity contribution in [2.75, 3.05) is 26.6 Å². The molecule has 0 radical (unpaired) electrons. The number of anilines is 1. The average Bonchev–Trinajstić information content (AvgIpc) is 3.25. The van der Waals surface area contributed by atoms with E-state index in [2.05, 4.69) is 19.2 Å². The molecule has 1 aliphatic carbocycles. The number of fused-ring (bicyclic) bond motifs is 1. The molecule has 0 bridgehead atoms. The number of allylic oxidation sites excluding steroid dienone is 2. The maximum absolute atomic E-state index is 13.4. The molecule has 0 saturated carbocycles. The van der Waals surface area contributed by atoms with Crippen molar-refractivity contribution in [3.63, 3.8) is 0 Å². The Balaban J connectivity index is 1.66. The summed E-state index contributed by atoms with van der Waals surface area (Å²) < 4.78 is 18.0. The summed E-state index contributed by atoms with van der Waals surface area (Å²) in [6, 6.07) is 12.9. The van der Waals surface area contributed by atoms with E-state index >= 15 is 0 Å². The largest absolute Gasteiger partial charge is 0.497 e. The standard InChI is InChI=1S/C26H28N4O4/c1-26(2)13-18-22(19(31)14-26)23(16-8-11-20(33-4)21(12-16)34-5)30-25(27-18)28-24(29-30)15-6-9-17(32-3)10-7-15/h6-12,23H,13-14H2,1-5H3,(H,27,28,29). The molecule has 2 aliphatic rings. The third-order valence-corrected chi connectivity index (χ3v) is 6.40. The molecule has 8 heteroatoms. The SMILES string of the molecule is COc1ccc(-c2nc3n(n2)C(c2ccc(OC)c(OC)c2)C2=C(CC(C)(C)CC2=O)N3)cc1. The highest BCUT2D eigenvalue weighted by molar-refractivity contribution is 6.00. The van der Waals surface area contributed by atoms with Gasteiger partial charge in [0.05, 0.1) is 21.3 Å². The lowest BCUT2D eigenvalue weighted by molar-refractivity contribution is -0.118. The van der Waals surface area contributed by atoms with Crippen molar-refractivity contribution < 1.29 is 19.0 Å². The van der Waals surface area contributed by atoms with E-state index in [-0.39, 0.29) is 11.2 Å². The molecular formula is C26H28N4O4.